The average Bonchev–Trinajstić information content (AvgIpc) is 2.72. The van der Waals surface area contributed by atoms with Crippen LogP contribution in [0.5, 0.6) is 5.75 Å². The lowest BCUT2D eigenvalue weighted by Gasteiger charge is -2.19. The molecule has 0 spiro atoms. The SMILES string of the molecule is CCN(CC)CCOc1ccccc1CNC(=NC)NCc1cccc(F)c1.I. The van der Waals surface area contributed by atoms with Crippen LogP contribution in [0, 0.1) is 5.82 Å². The Morgan fingerprint density at radius 2 is 1.76 bits per heavy atom. The first-order valence-electron chi connectivity index (χ1n) is 9.78. The van der Waals surface area contributed by atoms with Gasteiger partial charge in [0, 0.05) is 32.2 Å². The van der Waals surface area contributed by atoms with Crippen LogP contribution in [0.1, 0.15) is 25.0 Å². The fourth-order valence-corrected chi connectivity index (χ4v) is 2.85. The Morgan fingerprint density at radius 3 is 2.45 bits per heavy atom. The van der Waals surface area contributed by atoms with Crippen LogP contribution in [-0.2, 0) is 13.1 Å². The van der Waals surface area contributed by atoms with Crippen molar-refractivity contribution in [3.63, 3.8) is 0 Å². The van der Waals surface area contributed by atoms with E-state index in [4.69, 9.17) is 4.74 Å². The van der Waals surface area contributed by atoms with Gasteiger partial charge in [0.15, 0.2) is 5.96 Å². The van der Waals surface area contributed by atoms with Gasteiger partial charge < -0.3 is 20.3 Å². The molecule has 0 atom stereocenters. The van der Waals surface area contributed by atoms with Crippen LogP contribution in [0.25, 0.3) is 0 Å². The normalized spacial score (nSPS) is 11.1. The first-order valence-corrected chi connectivity index (χ1v) is 9.78. The zero-order chi connectivity index (χ0) is 20.2. The second-order valence-electron chi connectivity index (χ2n) is 6.39. The van der Waals surface area contributed by atoms with Gasteiger partial charge in [-0.15, -0.1) is 24.0 Å². The van der Waals surface area contributed by atoms with Gasteiger partial charge in [-0.2, -0.15) is 0 Å². The van der Waals surface area contributed by atoms with Gasteiger partial charge in [-0.1, -0.05) is 44.2 Å². The number of likely N-dealkylation sites (N-methyl/N-ethyl adjacent to an activating group) is 1. The van der Waals surface area contributed by atoms with E-state index < -0.39 is 0 Å². The molecule has 0 aliphatic heterocycles. The minimum Gasteiger partial charge on any atom is -0.492 e. The fourth-order valence-electron chi connectivity index (χ4n) is 2.85. The van der Waals surface area contributed by atoms with Gasteiger partial charge >= 0.3 is 0 Å². The molecule has 29 heavy (non-hydrogen) atoms. The molecule has 7 heteroatoms. The number of aliphatic imine (C=N–C) groups is 1. The molecule has 160 valence electrons. The third-order valence-corrected chi connectivity index (χ3v) is 4.55. The smallest absolute Gasteiger partial charge is 0.191 e. The largest absolute Gasteiger partial charge is 0.492 e. The number of hydrogen-bond acceptors (Lipinski definition) is 3. The summed E-state index contributed by atoms with van der Waals surface area (Å²) in [7, 11) is 1.72. The van der Waals surface area contributed by atoms with Gasteiger partial charge in [-0.3, -0.25) is 4.99 Å². The number of benzene rings is 2. The molecule has 2 aromatic rings. The predicted molar refractivity (Wildman–Crippen MR) is 129 cm³/mol. The number of rotatable bonds is 10. The number of para-hydroxylation sites is 1. The van der Waals surface area contributed by atoms with E-state index in [1.807, 2.05) is 30.3 Å². The van der Waals surface area contributed by atoms with Crippen molar-refractivity contribution in [3.8, 4) is 5.75 Å². The molecule has 0 aliphatic rings. The van der Waals surface area contributed by atoms with E-state index in [0.29, 0.717) is 25.7 Å². The molecular weight excluding hydrogens is 482 g/mol. The van der Waals surface area contributed by atoms with Gasteiger partial charge in [-0.05, 0) is 36.9 Å². The maximum absolute atomic E-state index is 13.3. The van der Waals surface area contributed by atoms with Crippen molar-refractivity contribution < 1.29 is 9.13 Å². The van der Waals surface area contributed by atoms with Crippen molar-refractivity contribution in [1.82, 2.24) is 15.5 Å². The van der Waals surface area contributed by atoms with Crippen molar-refractivity contribution in [2.24, 2.45) is 4.99 Å². The number of halogens is 2. The summed E-state index contributed by atoms with van der Waals surface area (Å²) in [5.41, 5.74) is 1.93. The van der Waals surface area contributed by atoms with Gasteiger partial charge in [0.05, 0.1) is 0 Å². The molecular formula is C22H32FIN4O. The van der Waals surface area contributed by atoms with Gasteiger partial charge in [-0.25, -0.2) is 4.39 Å². The Morgan fingerprint density at radius 1 is 1.03 bits per heavy atom. The Labute approximate surface area is 190 Å². The van der Waals surface area contributed by atoms with Crippen molar-refractivity contribution in [1.29, 1.82) is 0 Å². The van der Waals surface area contributed by atoms with Crippen LogP contribution in [0.3, 0.4) is 0 Å². The number of nitrogens with one attached hydrogen (secondary N) is 2. The quantitative estimate of drug-likeness (QED) is 0.286. The summed E-state index contributed by atoms with van der Waals surface area (Å²) in [6.45, 7) is 9.01. The summed E-state index contributed by atoms with van der Waals surface area (Å²) in [5, 5.41) is 6.49. The van der Waals surface area contributed by atoms with E-state index >= 15 is 0 Å². The minimum atomic E-state index is -0.238. The summed E-state index contributed by atoms with van der Waals surface area (Å²) in [5.74, 6) is 1.29. The number of ether oxygens (including phenoxy) is 1. The zero-order valence-corrected chi connectivity index (χ0v) is 19.8. The average molecular weight is 514 g/mol. The van der Waals surface area contributed by atoms with Gasteiger partial charge in [0.2, 0.25) is 0 Å². The van der Waals surface area contributed by atoms with Crippen molar-refractivity contribution in [3.05, 3.63) is 65.5 Å². The maximum Gasteiger partial charge on any atom is 0.191 e. The minimum absolute atomic E-state index is 0. The zero-order valence-electron chi connectivity index (χ0n) is 17.5. The third-order valence-electron chi connectivity index (χ3n) is 4.55. The molecule has 2 aromatic carbocycles. The molecule has 0 bridgehead atoms. The molecule has 0 amide bonds. The Bertz CT molecular complexity index is 753. The molecule has 0 unspecified atom stereocenters. The van der Waals surface area contributed by atoms with Crippen molar-refractivity contribution in [2.75, 3.05) is 33.3 Å². The van der Waals surface area contributed by atoms with Crippen LogP contribution in [0.4, 0.5) is 4.39 Å². The van der Waals surface area contributed by atoms with Crippen LogP contribution < -0.4 is 15.4 Å². The predicted octanol–water partition coefficient (Wildman–Crippen LogP) is 4.03. The Balaban J connectivity index is 0.00000420. The Kier molecular flexibility index (Phi) is 12.3. The van der Waals surface area contributed by atoms with E-state index in [-0.39, 0.29) is 29.8 Å². The highest BCUT2D eigenvalue weighted by Gasteiger charge is 2.06. The van der Waals surface area contributed by atoms with E-state index in [2.05, 4.69) is 34.4 Å². The van der Waals surface area contributed by atoms with Crippen molar-refractivity contribution in [2.45, 2.75) is 26.9 Å². The molecule has 5 nitrogen and oxygen atoms in total. The van der Waals surface area contributed by atoms with Gasteiger partial charge in [0.25, 0.3) is 0 Å². The summed E-state index contributed by atoms with van der Waals surface area (Å²) in [6, 6.07) is 14.5. The maximum atomic E-state index is 13.3. The number of nitrogens with zero attached hydrogens (tertiary/aromatic N) is 2. The molecule has 2 rings (SSSR count). The lowest BCUT2D eigenvalue weighted by atomic mass is 10.2. The van der Waals surface area contributed by atoms with Crippen LogP contribution in [0.2, 0.25) is 0 Å². The second-order valence-corrected chi connectivity index (χ2v) is 6.39. The summed E-state index contributed by atoms with van der Waals surface area (Å²) >= 11 is 0. The molecule has 0 radical (unpaired) electrons. The fraction of sp³-hybridized carbons (Fsp3) is 0.409. The number of guanidine groups is 1. The first-order chi connectivity index (χ1) is 13.7. The topological polar surface area (TPSA) is 48.9 Å². The molecule has 2 N–H and O–H groups in total. The van der Waals surface area contributed by atoms with E-state index in [1.165, 1.54) is 12.1 Å². The standard InChI is InChI=1S/C22H31FN4O.HI/c1-4-27(5-2)13-14-28-21-12-7-6-10-19(21)17-26-22(24-3)25-16-18-9-8-11-20(23)15-18;/h6-12,15H,4-5,13-14,16-17H2,1-3H3,(H2,24,25,26);1H. The molecule has 0 fully saturated rings. The Hall–Kier alpha value is -1.87. The van der Waals surface area contributed by atoms with E-state index in [0.717, 1.165) is 36.5 Å². The summed E-state index contributed by atoms with van der Waals surface area (Å²) < 4.78 is 19.3. The molecule has 0 saturated heterocycles. The first kappa shape index (κ1) is 25.2. The number of hydrogen-bond donors (Lipinski definition) is 2. The van der Waals surface area contributed by atoms with Crippen LogP contribution in [-0.4, -0.2) is 44.1 Å². The third kappa shape index (κ3) is 8.99. The van der Waals surface area contributed by atoms with Gasteiger partial charge in [0.1, 0.15) is 18.2 Å². The second kappa shape index (κ2) is 14.2. The van der Waals surface area contributed by atoms with Crippen molar-refractivity contribution >= 4 is 29.9 Å². The molecule has 0 aliphatic carbocycles. The van der Waals surface area contributed by atoms with Crippen LogP contribution >= 0.6 is 24.0 Å². The highest BCUT2D eigenvalue weighted by atomic mass is 127. The van der Waals surface area contributed by atoms with E-state index in [9.17, 15) is 4.39 Å². The van der Waals surface area contributed by atoms with Crippen LogP contribution in [0.15, 0.2) is 53.5 Å². The molecule has 0 heterocycles. The molecule has 0 aromatic heterocycles. The highest BCUT2D eigenvalue weighted by Crippen LogP contribution is 2.17. The lowest BCUT2D eigenvalue weighted by Crippen LogP contribution is -2.36. The lowest BCUT2D eigenvalue weighted by molar-refractivity contribution is 0.221. The summed E-state index contributed by atoms with van der Waals surface area (Å²) in [6.07, 6.45) is 0. The molecule has 0 saturated carbocycles. The van der Waals surface area contributed by atoms with E-state index in [1.54, 1.807) is 13.1 Å². The highest BCUT2D eigenvalue weighted by molar-refractivity contribution is 14.0. The monoisotopic (exact) mass is 514 g/mol. The summed E-state index contributed by atoms with van der Waals surface area (Å²) in [4.78, 5) is 6.56.